The van der Waals surface area contributed by atoms with Crippen molar-refractivity contribution < 1.29 is 9.59 Å². The fourth-order valence-corrected chi connectivity index (χ4v) is 3.47. The summed E-state index contributed by atoms with van der Waals surface area (Å²) in [6, 6.07) is 11.9. The number of amides is 2. The Morgan fingerprint density at radius 2 is 2.03 bits per heavy atom. The number of pyridine rings is 2. The van der Waals surface area contributed by atoms with Gasteiger partial charge in [0.1, 0.15) is 5.82 Å². The molecular formula is C23H23N5O2. The predicted octanol–water partition coefficient (Wildman–Crippen LogP) is 2.69. The molecule has 0 bridgehead atoms. The molecule has 0 atom stereocenters. The van der Waals surface area contributed by atoms with E-state index in [1.165, 1.54) is 6.08 Å². The zero-order valence-electron chi connectivity index (χ0n) is 17.0. The molecule has 0 spiro atoms. The minimum atomic E-state index is -0.108. The Balaban J connectivity index is 1.44. The zero-order chi connectivity index (χ0) is 21.1. The average Bonchev–Trinajstić information content (AvgIpc) is 2.87. The van der Waals surface area contributed by atoms with Gasteiger partial charge in [0.2, 0.25) is 11.8 Å². The van der Waals surface area contributed by atoms with Crippen molar-refractivity contribution in [1.82, 2.24) is 19.8 Å². The van der Waals surface area contributed by atoms with Crippen LogP contribution < -0.4 is 5.32 Å². The number of anilines is 1. The molecule has 1 aromatic carbocycles. The second-order valence-corrected chi connectivity index (χ2v) is 7.56. The lowest BCUT2D eigenvalue weighted by atomic mass is 10.1. The average molecular weight is 401 g/mol. The van der Waals surface area contributed by atoms with E-state index in [0.717, 1.165) is 27.6 Å². The quantitative estimate of drug-likeness (QED) is 0.680. The number of likely N-dealkylation sites (N-methyl/N-ethyl adjacent to an activating group) is 2. The Bertz CT molecular complexity index is 1140. The van der Waals surface area contributed by atoms with Crippen molar-refractivity contribution in [2.45, 2.75) is 13.1 Å². The predicted molar refractivity (Wildman–Crippen MR) is 116 cm³/mol. The maximum atomic E-state index is 12.6. The van der Waals surface area contributed by atoms with Gasteiger partial charge < -0.3 is 10.2 Å². The highest BCUT2D eigenvalue weighted by atomic mass is 16.2. The molecule has 0 radical (unpaired) electrons. The maximum Gasteiger partial charge on any atom is 0.246 e. The van der Waals surface area contributed by atoms with Crippen molar-refractivity contribution >= 4 is 34.6 Å². The van der Waals surface area contributed by atoms with E-state index in [9.17, 15) is 9.59 Å². The SMILES string of the molecule is CN1CC(=O)Nc2ncc(C=CC(=O)N(C)Cc3cnc4ccccc4c3)cc2C1. The first-order valence-electron chi connectivity index (χ1n) is 9.72. The number of rotatable bonds is 4. The van der Waals surface area contributed by atoms with Crippen LogP contribution in [0.3, 0.4) is 0 Å². The Morgan fingerprint density at radius 3 is 2.90 bits per heavy atom. The summed E-state index contributed by atoms with van der Waals surface area (Å²) in [7, 11) is 3.65. The Labute approximate surface area is 175 Å². The Kier molecular flexibility index (Phi) is 5.54. The van der Waals surface area contributed by atoms with Crippen LogP contribution in [-0.4, -0.2) is 52.2 Å². The molecule has 1 aliphatic rings. The first-order valence-corrected chi connectivity index (χ1v) is 9.72. The second kappa shape index (κ2) is 8.42. The minimum absolute atomic E-state index is 0.0768. The summed E-state index contributed by atoms with van der Waals surface area (Å²) in [6.07, 6.45) is 6.74. The molecule has 1 N–H and O–H groups in total. The number of benzene rings is 1. The van der Waals surface area contributed by atoms with E-state index in [4.69, 9.17) is 0 Å². The number of carbonyl (C=O) groups excluding carboxylic acids is 2. The van der Waals surface area contributed by atoms with Gasteiger partial charge in [-0.15, -0.1) is 0 Å². The number of carbonyl (C=O) groups is 2. The molecule has 0 fully saturated rings. The first kappa shape index (κ1) is 19.7. The summed E-state index contributed by atoms with van der Waals surface area (Å²) >= 11 is 0. The number of hydrogen-bond acceptors (Lipinski definition) is 5. The lowest BCUT2D eigenvalue weighted by molar-refractivity contribution is -0.125. The van der Waals surface area contributed by atoms with E-state index in [1.54, 1.807) is 30.4 Å². The number of hydrogen-bond donors (Lipinski definition) is 1. The van der Waals surface area contributed by atoms with Gasteiger partial charge in [0.25, 0.3) is 0 Å². The Morgan fingerprint density at radius 1 is 1.20 bits per heavy atom. The van der Waals surface area contributed by atoms with Crippen molar-refractivity contribution in [3.63, 3.8) is 0 Å². The third kappa shape index (κ3) is 4.52. The molecule has 30 heavy (non-hydrogen) atoms. The molecule has 0 saturated carbocycles. The van der Waals surface area contributed by atoms with Crippen LogP contribution in [0.2, 0.25) is 0 Å². The van der Waals surface area contributed by atoms with Crippen LogP contribution >= 0.6 is 0 Å². The van der Waals surface area contributed by atoms with E-state index < -0.39 is 0 Å². The van der Waals surface area contributed by atoms with Crippen LogP contribution in [0.25, 0.3) is 17.0 Å². The third-order valence-electron chi connectivity index (χ3n) is 4.96. The van der Waals surface area contributed by atoms with E-state index in [1.807, 2.05) is 42.3 Å². The van der Waals surface area contributed by atoms with Gasteiger partial charge >= 0.3 is 0 Å². The van der Waals surface area contributed by atoms with E-state index >= 15 is 0 Å². The summed E-state index contributed by atoms with van der Waals surface area (Å²) < 4.78 is 0. The summed E-state index contributed by atoms with van der Waals surface area (Å²) in [5.74, 6) is 0.393. The van der Waals surface area contributed by atoms with Crippen LogP contribution in [0.5, 0.6) is 0 Å². The molecule has 152 valence electrons. The summed E-state index contributed by atoms with van der Waals surface area (Å²) in [4.78, 5) is 36.7. The number of fused-ring (bicyclic) bond motifs is 2. The van der Waals surface area contributed by atoms with Gasteiger partial charge in [-0.2, -0.15) is 0 Å². The monoisotopic (exact) mass is 401 g/mol. The van der Waals surface area contributed by atoms with Crippen LogP contribution in [0.1, 0.15) is 16.7 Å². The Hall–Kier alpha value is -3.58. The molecule has 3 aromatic rings. The number of aromatic nitrogens is 2. The molecule has 1 aliphatic heterocycles. The highest BCUT2D eigenvalue weighted by Gasteiger charge is 2.17. The number of nitrogens with one attached hydrogen (secondary N) is 1. The molecule has 0 saturated heterocycles. The summed E-state index contributed by atoms with van der Waals surface area (Å²) in [5.41, 5.74) is 3.65. The van der Waals surface area contributed by atoms with Crippen LogP contribution in [0.15, 0.2) is 54.9 Å². The van der Waals surface area contributed by atoms with E-state index in [0.29, 0.717) is 25.5 Å². The highest BCUT2D eigenvalue weighted by Crippen LogP contribution is 2.20. The molecular weight excluding hydrogens is 378 g/mol. The van der Waals surface area contributed by atoms with Gasteiger partial charge in [0, 0.05) is 49.6 Å². The topological polar surface area (TPSA) is 78.4 Å². The molecule has 3 heterocycles. The van der Waals surface area contributed by atoms with Gasteiger partial charge in [-0.05, 0) is 42.4 Å². The van der Waals surface area contributed by atoms with Gasteiger partial charge in [-0.25, -0.2) is 4.98 Å². The van der Waals surface area contributed by atoms with Crippen LogP contribution in [0, 0.1) is 0 Å². The summed E-state index contributed by atoms with van der Waals surface area (Å²) in [5, 5.41) is 3.86. The molecule has 0 aliphatic carbocycles. The van der Waals surface area contributed by atoms with Gasteiger partial charge in [0.05, 0.1) is 12.1 Å². The van der Waals surface area contributed by atoms with Crippen molar-refractivity contribution in [2.75, 3.05) is 26.0 Å². The smallest absolute Gasteiger partial charge is 0.246 e. The molecule has 7 heteroatoms. The minimum Gasteiger partial charge on any atom is -0.338 e. The fourth-order valence-electron chi connectivity index (χ4n) is 3.47. The number of nitrogens with zero attached hydrogens (tertiary/aromatic N) is 4. The zero-order valence-corrected chi connectivity index (χ0v) is 17.0. The van der Waals surface area contributed by atoms with Crippen molar-refractivity contribution in [3.8, 4) is 0 Å². The molecule has 2 amide bonds. The summed E-state index contributed by atoms with van der Waals surface area (Å²) in [6.45, 7) is 1.42. The molecule has 2 aromatic heterocycles. The van der Waals surface area contributed by atoms with Crippen molar-refractivity contribution in [2.24, 2.45) is 0 Å². The second-order valence-electron chi connectivity index (χ2n) is 7.56. The molecule has 7 nitrogen and oxygen atoms in total. The lowest BCUT2D eigenvalue weighted by Gasteiger charge is -2.15. The van der Waals surface area contributed by atoms with Crippen LogP contribution in [0.4, 0.5) is 5.82 Å². The standard InChI is InChI=1S/C23H23N5O2/c1-27-14-19-9-16(11-25-23(19)26-21(29)15-27)7-8-22(30)28(2)13-17-10-18-5-3-4-6-20(18)24-12-17/h3-12H,13-15H2,1-2H3,(H,25,26,29). The van der Waals surface area contributed by atoms with Gasteiger partial charge in [-0.3, -0.25) is 19.5 Å². The fraction of sp³-hybridized carbons (Fsp3) is 0.217. The van der Waals surface area contributed by atoms with Gasteiger partial charge in [0.15, 0.2) is 0 Å². The molecule has 0 unspecified atom stereocenters. The largest absolute Gasteiger partial charge is 0.338 e. The highest BCUT2D eigenvalue weighted by molar-refractivity contribution is 5.93. The lowest BCUT2D eigenvalue weighted by Crippen LogP contribution is -2.26. The third-order valence-corrected chi connectivity index (χ3v) is 4.96. The van der Waals surface area contributed by atoms with Crippen molar-refractivity contribution in [1.29, 1.82) is 0 Å². The van der Waals surface area contributed by atoms with E-state index in [2.05, 4.69) is 21.4 Å². The van der Waals surface area contributed by atoms with Crippen molar-refractivity contribution in [3.05, 3.63) is 71.6 Å². The van der Waals surface area contributed by atoms with Crippen LogP contribution in [-0.2, 0) is 22.7 Å². The number of para-hydroxylation sites is 1. The van der Waals surface area contributed by atoms with E-state index in [-0.39, 0.29) is 11.8 Å². The van der Waals surface area contributed by atoms with Gasteiger partial charge in [-0.1, -0.05) is 18.2 Å². The molecule has 4 rings (SSSR count). The first-order chi connectivity index (χ1) is 14.5. The maximum absolute atomic E-state index is 12.6. The normalized spacial score (nSPS) is 14.4.